The van der Waals surface area contributed by atoms with Crippen LogP contribution in [0.5, 0.6) is 0 Å². The Balaban J connectivity index is 1.53. The molecular weight excluding hydrogens is 420 g/mol. The van der Waals surface area contributed by atoms with Crippen LogP contribution in [-0.2, 0) is 14.3 Å². The van der Waals surface area contributed by atoms with Crippen LogP contribution >= 0.6 is 0 Å². The third kappa shape index (κ3) is 6.12. The van der Waals surface area contributed by atoms with Crippen molar-refractivity contribution < 1.29 is 24.2 Å². The van der Waals surface area contributed by atoms with Crippen molar-refractivity contribution in [3.8, 4) is 11.1 Å². The van der Waals surface area contributed by atoms with Crippen LogP contribution in [0.1, 0.15) is 56.6 Å². The Labute approximate surface area is 194 Å². The van der Waals surface area contributed by atoms with Crippen LogP contribution in [0, 0.1) is 0 Å². The number of carboxylic acids is 1. The third-order valence-corrected chi connectivity index (χ3v) is 6.04. The van der Waals surface area contributed by atoms with Crippen molar-refractivity contribution in [3.63, 3.8) is 0 Å². The summed E-state index contributed by atoms with van der Waals surface area (Å²) in [6.45, 7) is 4.17. The summed E-state index contributed by atoms with van der Waals surface area (Å²) in [7, 11) is 0. The molecule has 0 spiro atoms. The van der Waals surface area contributed by atoms with Gasteiger partial charge >= 0.3 is 12.1 Å². The van der Waals surface area contributed by atoms with E-state index >= 15 is 0 Å². The molecule has 2 aromatic rings. The van der Waals surface area contributed by atoms with Crippen LogP contribution in [0.15, 0.2) is 48.5 Å². The maximum atomic E-state index is 12.5. The molecule has 0 fully saturated rings. The first-order chi connectivity index (χ1) is 15.9. The summed E-state index contributed by atoms with van der Waals surface area (Å²) in [5, 5.41) is 11.9. The van der Waals surface area contributed by atoms with Crippen LogP contribution in [0.4, 0.5) is 4.79 Å². The van der Waals surface area contributed by atoms with Gasteiger partial charge in [-0.1, -0.05) is 62.4 Å². The molecule has 0 heterocycles. The number of carbonyl (C=O) groups excluding carboxylic acids is 2. The standard InChI is InChI=1S/C26H32N2O5/c1-3-15-28(16-25(30)31)24(29)14-13-18(4-2)27-26(32)33-17-23-21-11-7-5-9-19(21)20-10-6-8-12-22(20)23/h5-12,18,23H,3-4,13-17H2,1-2H3,(H,27,32)(H,30,31). The predicted octanol–water partition coefficient (Wildman–Crippen LogP) is 4.41. The van der Waals surface area contributed by atoms with E-state index in [4.69, 9.17) is 9.84 Å². The number of fused-ring (bicyclic) bond motifs is 3. The highest BCUT2D eigenvalue weighted by Crippen LogP contribution is 2.44. The summed E-state index contributed by atoms with van der Waals surface area (Å²) in [6, 6.07) is 16.1. The highest BCUT2D eigenvalue weighted by molar-refractivity contribution is 5.81. The lowest BCUT2D eigenvalue weighted by Gasteiger charge is -2.22. The fourth-order valence-electron chi connectivity index (χ4n) is 4.37. The minimum atomic E-state index is -1.03. The first-order valence-corrected chi connectivity index (χ1v) is 11.6. The molecule has 1 aliphatic rings. The van der Waals surface area contributed by atoms with Gasteiger partial charge in [-0.05, 0) is 41.5 Å². The van der Waals surface area contributed by atoms with Gasteiger partial charge in [-0.15, -0.1) is 0 Å². The highest BCUT2D eigenvalue weighted by Gasteiger charge is 2.29. The Morgan fingerprint density at radius 2 is 1.64 bits per heavy atom. The second-order valence-electron chi connectivity index (χ2n) is 8.32. The Morgan fingerprint density at radius 3 is 2.18 bits per heavy atom. The molecule has 7 heteroatoms. The summed E-state index contributed by atoms with van der Waals surface area (Å²) in [6.07, 6.45) is 1.43. The van der Waals surface area contributed by atoms with Gasteiger partial charge in [0.15, 0.2) is 0 Å². The fraction of sp³-hybridized carbons (Fsp3) is 0.423. The minimum Gasteiger partial charge on any atom is -0.480 e. The van der Waals surface area contributed by atoms with Gasteiger partial charge in [-0.3, -0.25) is 9.59 Å². The maximum absolute atomic E-state index is 12.5. The van der Waals surface area contributed by atoms with E-state index in [0.29, 0.717) is 25.8 Å². The van der Waals surface area contributed by atoms with E-state index in [1.807, 2.05) is 38.1 Å². The van der Waals surface area contributed by atoms with E-state index in [2.05, 4.69) is 29.6 Å². The number of carboxylic acid groups (broad SMARTS) is 1. The number of carbonyl (C=O) groups is 3. The van der Waals surface area contributed by atoms with Crippen LogP contribution in [-0.4, -0.2) is 53.7 Å². The molecular formula is C26H32N2O5. The van der Waals surface area contributed by atoms with Crippen molar-refractivity contribution in [2.75, 3.05) is 19.7 Å². The number of rotatable bonds is 11. The van der Waals surface area contributed by atoms with E-state index in [1.165, 1.54) is 16.0 Å². The van der Waals surface area contributed by atoms with Crippen molar-refractivity contribution in [2.24, 2.45) is 0 Å². The summed E-state index contributed by atoms with van der Waals surface area (Å²) in [5.74, 6) is -1.25. The molecule has 7 nitrogen and oxygen atoms in total. The first-order valence-electron chi connectivity index (χ1n) is 11.6. The SMILES string of the molecule is CCCN(CC(=O)O)C(=O)CCC(CC)NC(=O)OCC1c2ccccc2-c2ccccc21. The second-order valence-corrected chi connectivity index (χ2v) is 8.32. The number of hydrogen-bond donors (Lipinski definition) is 2. The van der Waals surface area contributed by atoms with Gasteiger partial charge < -0.3 is 20.1 Å². The minimum absolute atomic E-state index is 0.0107. The quantitative estimate of drug-likeness (QED) is 0.527. The van der Waals surface area contributed by atoms with Gasteiger partial charge in [-0.25, -0.2) is 4.79 Å². The van der Waals surface area contributed by atoms with Crippen molar-refractivity contribution in [1.82, 2.24) is 10.2 Å². The smallest absolute Gasteiger partial charge is 0.407 e. The molecule has 3 rings (SSSR count). The Kier molecular flexibility index (Phi) is 8.46. The molecule has 2 N–H and O–H groups in total. The van der Waals surface area contributed by atoms with E-state index in [9.17, 15) is 14.4 Å². The monoisotopic (exact) mass is 452 g/mol. The molecule has 33 heavy (non-hydrogen) atoms. The van der Waals surface area contributed by atoms with Crippen LogP contribution in [0.2, 0.25) is 0 Å². The highest BCUT2D eigenvalue weighted by atomic mass is 16.5. The normalized spacial score (nSPS) is 13.0. The number of nitrogens with one attached hydrogen (secondary N) is 1. The van der Waals surface area contributed by atoms with Gasteiger partial charge in [0.1, 0.15) is 13.2 Å². The lowest BCUT2D eigenvalue weighted by Crippen LogP contribution is -2.39. The molecule has 1 aliphatic carbocycles. The number of aliphatic carboxylic acids is 1. The summed E-state index contributed by atoms with van der Waals surface area (Å²) in [5.41, 5.74) is 4.65. The van der Waals surface area contributed by atoms with Crippen LogP contribution in [0.25, 0.3) is 11.1 Å². The zero-order chi connectivity index (χ0) is 23.8. The molecule has 0 aromatic heterocycles. The van der Waals surface area contributed by atoms with Crippen molar-refractivity contribution >= 4 is 18.0 Å². The van der Waals surface area contributed by atoms with Gasteiger partial charge in [0, 0.05) is 24.9 Å². The lowest BCUT2D eigenvalue weighted by atomic mass is 9.98. The molecule has 176 valence electrons. The third-order valence-electron chi connectivity index (χ3n) is 6.04. The van der Waals surface area contributed by atoms with Crippen molar-refractivity contribution in [3.05, 3.63) is 59.7 Å². The number of ether oxygens (including phenoxy) is 1. The molecule has 0 bridgehead atoms. The van der Waals surface area contributed by atoms with Crippen molar-refractivity contribution in [1.29, 1.82) is 0 Å². The first kappa shape index (κ1) is 24.3. The number of benzene rings is 2. The van der Waals surface area contributed by atoms with E-state index in [1.54, 1.807) is 0 Å². The van der Waals surface area contributed by atoms with Gasteiger partial charge in [0.25, 0.3) is 0 Å². The zero-order valence-electron chi connectivity index (χ0n) is 19.3. The Bertz CT molecular complexity index is 945. The molecule has 1 unspecified atom stereocenters. The Morgan fingerprint density at radius 1 is 1.03 bits per heavy atom. The molecule has 1 atom stereocenters. The number of nitrogens with zero attached hydrogens (tertiary/aromatic N) is 1. The van der Waals surface area contributed by atoms with Gasteiger partial charge in [0.2, 0.25) is 5.91 Å². The lowest BCUT2D eigenvalue weighted by molar-refractivity contribution is -0.144. The largest absolute Gasteiger partial charge is 0.480 e. The van der Waals surface area contributed by atoms with Crippen LogP contribution < -0.4 is 5.32 Å². The van der Waals surface area contributed by atoms with Gasteiger partial charge in [0.05, 0.1) is 0 Å². The average Bonchev–Trinajstić information content (AvgIpc) is 3.13. The maximum Gasteiger partial charge on any atom is 0.407 e. The molecule has 2 aromatic carbocycles. The van der Waals surface area contributed by atoms with E-state index in [0.717, 1.165) is 11.1 Å². The second kappa shape index (κ2) is 11.5. The van der Waals surface area contributed by atoms with Crippen molar-refractivity contribution in [2.45, 2.75) is 51.5 Å². The average molecular weight is 453 g/mol. The molecule has 0 radical (unpaired) electrons. The summed E-state index contributed by atoms with van der Waals surface area (Å²) in [4.78, 5) is 37.3. The predicted molar refractivity (Wildman–Crippen MR) is 126 cm³/mol. The molecule has 0 saturated heterocycles. The topological polar surface area (TPSA) is 95.9 Å². The molecule has 0 aliphatic heterocycles. The number of amides is 2. The molecule has 0 saturated carbocycles. The summed E-state index contributed by atoms with van der Waals surface area (Å²) < 4.78 is 5.59. The van der Waals surface area contributed by atoms with Gasteiger partial charge in [-0.2, -0.15) is 0 Å². The van der Waals surface area contributed by atoms with E-state index in [-0.39, 0.29) is 37.4 Å². The zero-order valence-corrected chi connectivity index (χ0v) is 19.3. The van der Waals surface area contributed by atoms with Crippen LogP contribution in [0.3, 0.4) is 0 Å². The summed E-state index contributed by atoms with van der Waals surface area (Å²) >= 11 is 0. The fourth-order valence-corrected chi connectivity index (χ4v) is 4.37. The van der Waals surface area contributed by atoms with E-state index < -0.39 is 12.1 Å². The molecule has 2 amide bonds. The Hall–Kier alpha value is -3.35. The number of alkyl carbamates (subject to hydrolysis) is 1. The number of hydrogen-bond acceptors (Lipinski definition) is 4.